The number of rotatable bonds is 7. The topological polar surface area (TPSA) is 50.2 Å². The number of halogens is 1. The zero-order valence-electron chi connectivity index (χ0n) is 17.1. The third-order valence-corrected chi connectivity index (χ3v) is 6.72. The van der Waals surface area contributed by atoms with E-state index in [1.165, 1.54) is 11.9 Å². The van der Waals surface area contributed by atoms with Crippen LogP contribution < -0.4 is 9.62 Å². The van der Waals surface area contributed by atoms with E-state index in [0.29, 0.717) is 16.7 Å². The summed E-state index contributed by atoms with van der Waals surface area (Å²) in [7, 11) is 0. The lowest BCUT2D eigenvalue weighted by Gasteiger charge is -2.30. The fourth-order valence-corrected chi connectivity index (χ4v) is 4.79. The summed E-state index contributed by atoms with van der Waals surface area (Å²) in [5.74, 6) is 1.49. The average molecular weight is 441 g/mol. The van der Waals surface area contributed by atoms with Gasteiger partial charge in [-0.25, -0.2) is 0 Å². The summed E-state index contributed by atoms with van der Waals surface area (Å²) >= 11 is 7.59. The van der Waals surface area contributed by atoms with Crippen LogP contribution in [0.4, 0.5) is 11.8 Å². The highest BCUT2D eigenvalue weighted by atomic mass is 35.5. The zero-order valence-corrected chi connectivity index (χ0v) is 18.7. The molecule has 1 atom stereocenters. The maximum Gasteiger partial charge on any atom is 0.210 e. The lowest BCUT2D eigenvalue weighted by molar-refractivity contribution is 0.0982. The zero-order chi connectivity index (χ0) is 21.1. The van der Waals surface area contributed by atoms with Crippen LogP contribution in [0.5, 0.6) is 0 Å². The van der Waals surface area contributed by atoms with Crippen molar-refractivity contribution in [2.24, 2.45) is 0 Å². The summed E-state index contributed by atoms with van der Waals surface area (Å²) in [4.78, 5) is 18.6. The normalized spacial score (nSPS) is 15.9. The van der Waals surface area contributed by atoms with Crippen molar-refractivity contribution in [3.63, 3.8) is 0 Å². The molecule has 1 unspecified atom stereocenters. The van der Waals surface area contributed by atoms with Crippen LogP contribution >= 0.6 is 23.5 Å². The Bertz CT molecular complexity index is 1020. The first-order valence-electron chi connectivity index (χ1n) is 10.3. The number of imidazole rings is 1. The van der Waals surface area contributed by atoms with Crippen molar-refractivity contribution in [2.75, 3.05) is 22.7 Å². The van der Waals surface area contributed by atoms with Crippen molar-refractivity contribution >= 4 is 41.1 Å². The van der Waals surface area contributed by atoms with E-state index >= 15 is 0 Å². The molecule has 0 amide bonds. The van der Waals surface area contributed by atoms with Crippen LogP contribution in [0.1, 0.15) is 48.0 Å². The predicted molar refractivity (Wildman–Crippen MR) is 126 cm³/mol. The molecule has 7 heteroatoms. The summed E-state index contributed by atoms with van der Waals surface area (Å²) in [5, 5.41) is 3.77. The molecule has 0 saturated carbocycles. The summed E-state index contributed by atoms with van der Waals surface area (Å²) < 4.78 is 4.08. The number of hydrogen-bond acceptors (Lipinski definition) is 5. The van der Waals surface area contributed by atoms with Crippen molar-refractivity contribution in [2.45, 2.75) is 31.9 Å². The standard InChI is InChI=1S/C23H25ClN4OS/c1-3-5-15-25-23-26-22-19(28(23)18-9-7-6-8-10-18)20(29)21(30-27(22)4-2)16-11-13-17(24)14-12-16/h6-14,21H,3-5,15H2,1-2H3,(H,25,26). The molecule has 30 heavy (non-hydrogen) atoms. The van der Waals surface area contributed by atoms with Crippen molar-refractivity contribution in [3.05, 3.63) is 70.9 Å². The highest BCUT2D eigenvalue weighted by Gasteiger charge is 2.39. The van der Waals surface area contributed by atoms with Crippen LogP contribution in [-0.2, 0) is 0 Å². The second kappa shape index (κ2) is 9.14. The Kier molecular flexibility index (Phi) is 6.35. The van der Waals surface area contributed by atoms with E-state index in [1.54, 1.807) is 0 Å². The fourth-order valence-electron chi connectivity index (χ4n) is 3.55. The molecule has 1 aliphatic heterocycles. The number of ketones is 1. The Morgan fingerprint density at radius 2 is 1.83 bits per heavy atom. The minimum Gasteiger partial charge on any atom is -0.355 e. The van der Waals surface area contributed by atoms with E-state index in [9.17, 15) is 4.79 Å². The first-order valence-corrected chi connectivity index (χ1v) is 11.5. The number of fused-ring (bicyclic) bond motifs is 1. The molecule has 0 aliphatic carbocycles. The number of anilines is 2. The minimum atomic E-state index is -0.336. The molecule has 1 aliphatic rings. The van der Waals surface area contributed by atoms with Gasteiger partial charge < -0.3 is 5.32 Å². The van der Waals surface area contributed by atoms with Gasteiger partial charge in [0.05, 0.1) is 0 Å². The average Bonchev–Trinajstić information content (AvgIpc) is 3.16. The van der Waals surface area contributed by atoms with Gasteiger partial charge in [-0.1, -0.05) is 55.3 Å². The summed E-state index contributed by atoms with van der Waals surface area (Å²) in [6.45, 7) is 5.80. The molecule has 5 nitrogen and oxygen atoms in total. The molecule has 0 bridgehead atoms. The Hall–Kier alpha value is -2.44. The molecular weight excluding hydrogens is 416 g/mol. The van der Waals surface area contributed by atoms with E-state index in [1.807, 2.05) is 59.2 Å². The van der Waals surface area contributed by atoms with Gasteiger partial charge in [0.25, 0.3) is 0 Å². The lowest BCUT2D eigenvalue weighted by atomic mass is 10.1. The van der Waals surface area contributed by atoms with E-state index in [4.69, 9.17) is 16.6 Å². The van der Waals surface area contributed by atoms with Gasteiger partial charge in [-0.05, 0) is 55.1 Å². The number of nitrogens with one attached hydrogen (secondary N) is 1. The van der Waals surface area contributed by atoms with Crippen molar-refractivity contribution in [3.8, 4) is 5.69 Å². The van der Waals surface area contributed by atoms with Crippen molar-refractivity contribution in [1.29, 1.82) is 0 Å². The third kappa shape index (κ3) is 3.94. The highest BCUT2D eigenvalue weighted by molar-refractivity contribution is 8.01. The van der Waals surface area contributed by atoms with Gasteiger partial charge in [-0.15, -0.1) is 0 Å². The van der Waals surface area contributed by atoms with E-state index in [-0.39, 0.29) is 11.0 Å². The van der Waals surface area contributed by atoms with Crippen LogP contribution in [0.2, 0.25) is 5.02 Å². The maximum absolute atomic E-state index is 13.7. The van der Waals surface area contributed by atoms with E-state index in [0.717, 1.165) is 43.0 Å². The van der Waals surface area contributed by atoms with Crippen LogP contribution in [0, 0.1) is 0 Å². The number of unbranched alkanes of at least 4 members (excludes halogenated alkanes) is 1. The van der Waals surface area contributed by atoms with E-state index in [2.05, 4.69) is 23.5 Å². The molecule has 0 radical (unpaired) electrons. The number of benzene rings is 2. The van der Waals surface area contributed by atoms with Gasteiger partial charge in [0.15, 0.2) is 5.82 Å². The maximum atomic E-state index is 13.7. The minimum absolute atomic E-state index is 0.0573. The largest absolute Gasteiger partial charge is 0.355 e. The molecule has 156 valence electrons. The molecule has 0 saturated heterocycles. The number of hydrogen-bond donors (Lipinski definition) is 1. The van der Waals surface area contributed by atoms with Gasteiger partial charge in [-0.2, -0.15) is 4.98 Å². The van der Waals surface area contributed by atoms with Crippen LogP contribution in [-0.4, -0.2) is 28.4 Å². The van der Waals surface area contributed by atoms with Crippen LogP contribution in [0.15, 0.2) is 54.6 Å². The number of Topliss-reactive ketones (excluding diaryl/α,β-unsaturated/α-hetero) is 1. The number of carbonyl (C=O) groups is 1. The summed E-state index contributed by atoms with van der Waals surface area (Å²) in [6, 6.07) is 17.5. The monoisotopic (exact) mass is 440 g/mol. The van der Waals surface area contributed by atoms with Crippen LogP contribution in [0.3, 0.4) is 0 Å². The molecule has 2 heterocycles. The molecule has 1 aromatic heterocycles. The van der Waals surface area contributed by atoms with Gasteiger partial charge in [0.2, 0.25) is 11.7 Å². The Morgan fingerprint density at radius 3 is 2.50 bits per heavy atom. The van der Waals surface area contributed by atoms with Crippen LogP contribution in [0.25, 0.3) is 5.69 Å². The Labute approximate surface area is 186 Å². The SMILES string of the molecule is CCCCNc1nc2c(n1-c1ccccc1)C(=O)C(c1ccc(Cl)cc1)SN2CC. The first-order chi connectivity index (χ1) is 14.6. The van der Waals surface area contributed by atoms with Gasteiger partial charge in [-0.3, -0.25) is 13.7 Å². The first kappa shape index (κ1) is 20.8. The molecule has 4 rings (SSSR count). The number of para-hydroxylation sites is 1. The smallest absolute Gasteiger partial charge is 0.210 e. The Morgan fingerprint density at radius 1 is 1.10 bits per heavy atom. The van der Waals surface area contributed by atoms with E-state index < -0.39 is 0 Å². The summed E-state index contributed by atoms with van der Waals surface area (Å²) in [6.07, 6.45) is 2.13. The third-order valence-electron chi connectivity index (χ3n) is 5.09. The number of carbonyl (C=O) groups excluding carboxylic acids is 1. The molecule has 3 aromatic rings. The summed E-state index contributed by atoms with van der Waals surface area (Å²) in [5.41, 5.74) is 2.50. The lowest BCUT2D eigenvalue weighted by Crippen LogP contribution is -2.29. The second-order valence-electron chi connectivity index (χ2n) is 7.15. The molecular formula is C23H25ClN4OS. The fraction of sp³-hybridized carbons (Fsp3) is 0.304. The number of aromatic nitrogens is 2. The quantitative estimate of drug-likeness (QED) is 0.352. The van der Waals surface area contributed by atoms with Crippen molar-refractivity contribution < 1.29 is 4.79 Å². The second-order valence-corrected chi connectivity index (χ2v) is 8.71. The Balaban J connectivity index is 1.84. The molecule has 0 spiro atoms. The van der Waals surface area contributed by atoms with Gasteiger partial charge in [0, 0.05) is 23.8 Å². The predicted octanol–water partition coefficient (Wildman–Crippen LogP) is 6.15. The highest BCUT2D eigenvalue weighted by Crippen LogP contribution is 2.46. The molecule has 0 fully saturated rings. The van der Waals surface area contributed by atoms with Gasteiger partial charge in [0.1, 0.15) is 10.9 Å². The molecule has 2 aromatic carbocycles. The number of nitrogens with zero attached hydrogens (tertiary/aromatic N) is 3. The van der Waals surface area contributed by atoms with Gasteiger partial charge >= 0.3 is 0 Å². The molecule has 1 N–H and O–H groups in total. The van der Waals surface area contributed by atoms with Crippen molar-refractivity contribution in [1.82, 2.24) is 9.55 Å².